The highest BCUT2D eigenvalue weighted by Crippen LogP contribution is 2.21. The van der Waals surface area contributed by atoms with Gasteiger partial charge in [0.1, 0.15) is 0 Å². The Labute approximate surface area is 109 Å². The molecule has 0 fully saturated rings. The van der Waals surface area contributed by atoms with Crippen molar-refractivity contribution in [3.63, 3.8) is 0 Å². The molecule has 4 heteroatoms. The number of hydrogen-bond acceptors (Lipinski definition) is 3. The minimum atomic E-state index is -0.412. The first-order chi connectivity index (χ1) is 8.36. The molecule has 100 valence electrons. The normalized spacial score (nSPS) is 14.3. The number of amides is 1. The van der Waals surface area contributed by atoms with Gasteiger partial charge in [-0.05, 0) is 43.5 Å². The molecule has 1 rings (SSSR count). The van der Waals surface area contributed by atoms with Crippen molar-refractivity contribution in [3.8, 4) is 0 Å². The molecule has 0 heterocycles. The van der Waals surface area contributed by atoms with Crippen molar-refractivity contribution < 1.29 is 4.79 Å². The smallest absolute Gasteiger partial charge is 0.248 e. The van der Waals surface area contributed by atoms with Crippen LogP contribution in [-0.4, -0.2) is 18.0 Å². The first-order valence-electron chi connectivity index (χ1n) is 6.24. The van der Waals surface area contributed by atoms with Crippen LogP contribution >= 0.6 is 0 Å². The third-order valence-electron chi connectivity index (χ3n) is 2.92. The topological polar surface area (TPSA) is 81.1 Å². The molecule has 0 spiro atoms. The summed E-state index contributed by atoms with van der Waals surface area (Å²) in [6.45, 7) is 7.01. The van der Waals surface area contributed by atoms with E-state index >= 15 is 0 Å². The number of hydrogen-bond donors (Lipinski definition) is 3. The molecule has 1 unspecified atom stereocenters. The predicted octanol–water partition coefficient (Wildman–Crippen LogP) is 1.96. The van der Waals surface area contributed by atoms with E-state index in [0.29, 0.717) is 18.0 Å². The molecule has 0 aliphatic heterocycles. The molecular formula is C14H23N3O. The maximum atomic E-state index is 11.0. The van der Waals surface area contributed by atoms with Gasteiger partial charge in [0.05, 0.1) is 0 Å². The summed E-state index contributed by atoms with van der Waals surface area (Å²) in [7, 11) is 0. The van der Waals surface area contributed by atoms with Crippen molar-refractivity contribution in [2.45, 2.75) is 32.7 Å². The molecule has 0 aliphatic rings. The van der Waals surface area contributed by atoms with E-state index in [-0.39, 0.29) is 5.54 Å². The Morgan fingerprint density at radius 2 is 1.89 bits per heavy atom. The highest BCUT2D eigenvalue weighted by molar-refractivity contribution is 5.93. The Hall–Kier alpha value is -1.55. The third kappa shape index (κ3) is 4.04. The van der Waals surface area contributed by atoms with Crippen LogP contribution in [0, 0.1) is 5.92 Å². The van der Waals surface area contributed by atoms with E-state index in [1.807, 2.05) is 12.1 Å². The summed E-state index contributed by atoms with van der Waals surface area (Å²) in [5, 5.41) is 3.43. The van der Waals surface area contributed by atoms with Crippen LogP contribution in [0.3, 0.4) is 0 Å². The molecule has 1 aromatic carbocycles. The minimum absolute atomic E-state index is 0.137. The number of benzene rings is 1. The molecule has 0 saturated carbocycles. The van der Waals surface area contributed by atoms with Crippen LogP contribution in [0.1, 0.15) is 37.6 Å². The first-order valence-corrected chi connectivity index (χ1v) is 6.24. The van der Waals surface area contributed by atoms with Gasteiger partial charge in [-0.2, -0.15) is 0 Å². The predicted molar refractivity (Wildman–Crippen MR) is 75.5 cm³/mol. The molecule has 0 aromatic heterocycles. The Balaban J connectivity index is 2.79. The Kier molecular flexibility index (Phi) is 4.73. The van der Waals surface area contributed by atoms with Gasteiger partial charge in [0.15, 0.2) is 0 Å². The molecule has 0 radical (unpaired) electrons. The van der Waals surface area contributed by atoms with E-state index in [2.05, 4.69) is 26.1 Å². The van der Waals surface area contributed by atoms with Crippen molar-refractivity contribution in [1.82, 2.24) is 0 Å². The number of nitrogens with two attached hydrogens (primary N) is 2. The summed E-state index contributed by atoms with van der Waals surface area (Å²) in [6.07, 6.45) is 0.987. The summed E-state index contributed by atoms with van der Waals surface area (Å²) < 4.78 is 0. The third-order valence-corrected chi connectivity index (χ3v) is 2.92. The fourth-order valence-corrected chi connectivity index (χ4v) is 2.15. The van der Waals surface area contributed by atoms with Crippen molar-refractivity contribution in [2.24, 2.45) is 17.4 Å². The van der Waals surface area contributed by atoms with Crippen LogP contribution < -0.4 is 16.8 Å². The van der Waals surface area contributed by atoms with Crippen LogP contribution in [0.4, 0.5) is 5.69 Å². The van der Waals surface area contributed by atoms with Gasteiger partial charge >= 0.3 is 0 Å². The molecule has 0 bridgehead atoms. The molecule has 1 aromatic rings. The zero-order valence-electron chi connectivity index (χ0n) is 11.4. The highest BCUT2D eigenvalue weighted by Gasteiger charge is 2.23. The summed E-state index contributed by atoms with van der Waals surface area (Å²) in [5.41, 5.74) is 12.4. The number of carbonyl (C=O) groups excluding carboxylic acids is 1. The Bertz CT molecular complexity index is 400. The van der Waals surface area contributed by atoms with Crippen LogP contribution in [0.25, 0.3) is 0 Å². The zero-order chi connectivity index (χ0) is 13.8. The maximum Gasteiger partial charge on any atom is 0.248 e. The van der Waals surface area contributed by atoms with Crippen LogP contribution in [0.2, 0.25) is 0 Å². The lowest BCUT2D eigenvalue weighted by molar-refractivity contribution is 0.100. The summed E-state index contributed by atoms with van der Waals surface area (Å²) in [6, 6.07) is 7.15. The summed E-state index contributed by atoms with van der Waals surface area (Å²) in [4.78, 5) is 11.0. The van der Waals surface area contributed by atoms with Gasteiger partial charge in [0.2, 0.25) is 5.91 Å². The van der Waals surface area contributed by atoms with Crippen molar-refractivity contribution in [1.29, 1.82) is 0 Å². The van der Waals surface area contributed by atoms with Crippen molar-refractivity contribution in [3.05, 3.63) is 29.8 Å². The monoisotopic (exact) mass is 249 g/mol. The average Bonchev–Trinajstić information content (AvgIpc) is 2.28. The molecule has 0 aliphatic carbocycles. The van der Waals surface area contributed by atoms with E-state index in [4.69, 9.17) is 11.5 Å². The second-order valence-electron chi connectivity index (χ2n) is 5.43. The van der Waals surface area contributed by atoms with E-state index in [9.17, 15) is 4.79 Å². The lowest BCUT2D eigenvalue weighted by Gasteiger charge is -2.32. The molecule has 1 atom stereocenters. The SMILES string of the molecule is CC(C)CC(C)(CN)Nc1ccc(C(N)=O)cc1. The van der Waals surface area contributed by atoms with E-state index in [0.717, 1.165) is 12.1 Å². The Morgan fingerprint density at radius 3 is 2.28 bits per heavy atom. The average molecular weight is 249 g/mol. The quantitative estimate of drug-likeness (QED) is 0.721. The van der Waals surface area contributed by atoms with Crippen LogP contribution in [0.5, 0.6) is 0 Å². The van der Waals surface area contributed by atoms with Crippen molar-refractivity contribution in [2.75, 3.05) is 11.9 Å². The second kappa shape index (κ2) is 5.87. The first kappa shape index (κ1) is 14.5. The number of primary amides is 1. The van der Waals surface area contributed by atoms with E-state index < -0.39 is 5.91 Å². The lowest BCUT2D eigenvalue weighted by atomic mass is 9.90. The van der Waals surface area contributed by atoms with E-state index in [1.165, 1.54) is 0 Å². The molecule has 18 heavy (non-hydrogen) atoms. The number of anilines is 1. The molecule has 0 saturated heterocycles. The number of rotatable bonds is 6. The lowest BCUT2D eigenvalue weighted by Crippen LogP contribution is -2.43. The second-order valence-corrected chi connectivity index (χ2v) is 5.43. The standard InChI is InChI=1S/C14H23N3O/c1-10(2)8-14(3,9-15)17-12-6-4-11(5-7-12)13(16)18/h4-7,10,17H,8-9,15H2,1-3H3,(H2,16,18). The number of nitrogens with one attached hydrogen (secondary N) is 1. The van der Waals surface area contributed by atoms with Crippen LogP contribution in [-0.2, 0) is 0 Å². The highest BCUT2D eigenvalue weighted by atomic mass is 16.1. The fourth-order valence-electron chi connectivity index (χ4n) is 2.15. The van der Waals surface area contributed by atoms with Gasteiger partial charge in [-0.25, -0.2) is 0 Å². The van der Waals surface area contributed by atoms with E-state index in [1.54, 1.807) is 12.1 Å². The molecule has 4 nitrogen and oxygen atoms in total. The number of carbonyl (C=O) groups is 1. The van der Waals surface area contributed by atoms with Gasteiger partial charge in [-0.3, -0.25) is 4.79 Å². The zero-order valence-corrected chi connectivity index (χ0v) is 11.4. The Morgan fingerprint density at radius 1 is 1.33 bits per heavy atom. The van der Waals surface area contributed by atoms with Gasteiger partial charge in [0, 0.05) is 23.3 Å². The van der Waals surface area contributed by atoms with Gasteiger partial charge in [-0.15, -0.1) is 0 Å². The van der Waals surface area contributed by atoms with Crippen LogP contribution in [0.15, 0.2) is 24.3 Å². The minimum Gasteiger partial charge on any atom is -0.379 e. The van der Waals surface area contributed by atoms with Crippen molar-refractivity contribution >= 4 is 11.6 Å². The maximum absolute atomic E-state index is 11.0. The fraction of sp³-hybridized carbons (Fsp3) is 0.500. The summed E-state index contributed by atoms with van der Waals surface area (Å²) >= 11 is 0. The van der Waals surface area contributed by atoms with Gasteiger partial charge < -0.3 is 16.8 Å². The van der Waals surface area contributed by atoms with Gasteiger partial charge in [-0.1, -0.05) is 13.8 Å². The summed E-state index contributed by atoms with van der Waals surface area (Å²) in [5.74, 6) is 0.154. The molecule has 1 amide bonds. The molecular weight excluding hydrogens is 226 g/mol. The largest absolute Gasteiger partial charge is 0.379 e. The van der Waals surface area contributed by atoms with Gasteiger partial charge in [0.25, 0.3) is 0 Å². The molecule has 5 N–H and O–H groups in total.